The van der Waals surface area contributed by atoms with Crippen LogP contribution in [0, 0.1) is 5.92 Å². The van der Waals surface area contributed by atoms with Crippen molar-refractivity contribution in [2.75, 3.05) is 19.8 Å². The smallest absolute Gasteiger partial charge is 0.229 e. The maximum absolute atomic E-state index is 11.7. The molecule has 56 heavy (non-hydrogen) atoms. The summed E-state index contributed by atoms with van der Waals surface area (Å²) in [6.07, 6.45) is -18.8. The Morgan fingerprint density at radius 3 is 1.82 bits per heavy atom. The van der Waals surface area contributed by atoms with Crippen molar-refractivity contribution in [2.24, 2.45) is 5.92 Å². The summed E-state index contributed by atoms with van der Waals surface area (Å²) in [7, 11) is 0. The quantitative estimate of drug-likeness (QED) is 0.0747. The van der Waals surface area contributed by atoms with Crippen molar-refractivity contribution < 1.29 is 84.6 Å². The Morgan fingerprint density at radius 2 is 1.27 bits per heavy atom. The SMILES string of the molecule is C=C(C)[C@@H]1CCC(C)=C[C@H]1c1c(O)cc(CCCCC)cc1O[C@@H]1O[C@H](CO)[C@@H](O)[C@H](O[C@@H]2O[C@H](CO)[C@@H](O)[C@H](O[C@@H]3O[C@H](CO)[C@@H](O)[C@H](O)[C@H]3O)[C@H]2O)[C@H]1O. The predicted octanol–water partition coefficient (Wildman–Crippen LogP) is -1.03. The fraction of sp³-hybridized carbons (Fsp3) is 0.744. The molecule has 318 valence electrons. The largest absolute Gasteiger partial charge is 0.507 e. The number of aliphatic hydroxyl groups excluding tert-OH is 10. The van der Waals surface area contributed by atoms with E-state index in [4.69, 9.17) is 28.4 Å². The number of aliphatic hydroxyl groups is 10. The van der Waals surface area contributed by atoms with E-state index in [-0.39, 0.29) is 23.3 Å². The highest BCUT2D eigenvalue weighted by Crippen LogP contribution is 2.48. The molecular weight excluding hydrogens is 740 g/mol. The Balaban J connectivity index is 1.44. The van der Waals surface area contributed by atoms with Crippen molar-refractivity contribution in [1.29, 1.82) is 0 Å². The lowest BCUT2D eigenvalue weighted by Gasteiger charge is -2.48. The van der Waals surface area contributed by atoms with Crippen LogP contribution in [0.2, 0.25) is 0 Å². The van der Waals surface area contributed by atoms with Gasteiger partial charge in [0.15, 0.2) is 12.6 Å². The van der Waals surface area contributed by atoms with Gasteiger partial charge in [0, 0.05) is 11.5 Å². The van der Waals surface area contributed by atoms with Gasteiger partial charge in [-0.25, -0.2) is 0 Å². The topological polar surface area (TPSA) is 278 Å². The first-order valence-electron chi connectivity index (χ1n) is 19.4. The molecule has 0 spiro atoms. The lowest BCUT2D eigenvalue weighted by molar-refractivity contribution is -0.378. The molecule has 3 fully saturated rings. The number of hydrogen-bond acceptors (Lipinski definition) is 17. The zero-order valence-electron chi connectivity index (χ0n) is 32.0. The highest BCUT2D eigenvalue weighted by molar-refractivity contribution is 5.52. The van der Waals surface area contributed by atoms with E-state index in [0.29, 0.717) is 12.0 Å². The second-order valence-corrected chi connectivity index (χ2v) is 15.4. The molecule has 0 saturated carbocycles. The average Bonchev–Trinajstić information content (AvgIpc) is 3.16. The van der Waals surface area contributed by atoms with Crippen LogP contribution in [-0.4, -0.2) is 168 Å². The van der Waals surface area contributed by atoms with Gasteiger partial charge in [0.25, 0.3) is 0 Å². The molecule has 17 nitrogen and oxygen atoms in total. The first-order chi connectivity index (χ1) is 26.6. The number of hydrogen-bond donors (Lipinski definition) is 11. The number of unbranched alkanes of at least 4 members (excludes halogenated alkanes) is 2. The molecule has 0 amide bonds. The van der Waals surface area contributed by atoms with E-state index in [2.05, 4.69) is 19.6 Å². The molecule has 0 radical (unpaired) electrons. The van der Waals surface area contributed by atoms with Crippen molar-refractivity contribution in [3.63, 3.8) is 0 Å². The zero-order chi connectivity index (χ0) is 41.0. The predicted molar refractivity (Wildman–Crippen MR) is 195 cm³/mol. The van der Waals surface area contributed by atoms with Crippen LogP contribution in [0.15, 0.2) is 35.9 Å². The van der Waals surface area contributed by atoms with Gasteiger partial charge >= 0.3 is 0 Å². The summed E-state index contributed by atoms with van der Waals surface area (Å²) < 4.78 is 34.9. The maximum Gasteiger partial charge on any atom is 0.229 e. The van der Waals surface area contributed by atoms with Gasteiger partial charge in [-0.15, -0.1) is 0 Å². The molecule has 3 saturated heterocycles. The van der Waals surface area contributed by atoms with Crippen LogP contribution in [0.1, 0.15) is 69.9 Å². The second kappa shape index (κ2) is 19.6. The number of ether oxygens (including phenoxy) is 6. The van der Waals surface area contributed by atoms with Crippen LogP contribution < -0.4 is 4.74 Å². The third-order valence-electron chi connectivity index (χ3n) is 11.3. The summed E-state index contributed by atoms with van der Waals surface area (Å²) in [6, 6.07) is 3.47. The molecule has 11 N–H and O–H groups in total. The van der Waals surface area contributed by atoms with Crippen molar-refractivity contribution >= 4 is 0 Å². The highest BCUT2D eigenvalue weighted by atomic mass is 16.8. The first kappa shape index (κ1) is 44.8. The Morgan fingerprint density at radius 1 is 0.732 bits per heavy atom. The average molecular weight is 801 g/mol. The molecule has 5 rings (SSSR count). The first-order valence-corrected chi connectivity index (χ1v) is 19.4. The monoisotopic (exact) mass is 800 g/mol. The summed E-state index contributed by atoms with van der Waals surface area (Å²) in [5, 5.41) is 118. The van der Waals surface area contributed by atoms with Crippen LogP contribution in [0.25, 0.3) is 0 Å². The number of allylic oxidation sites excluding steroid dienone is 3. The van der Waals surface area contributed by atoms with E-state index < -0.39 is 112 Å². The summed E-state index contributed by atoms with van der Waals surface area (Å²) in [6.45, 7) is 7.82. The Labute approximate surface area is 325 Å². The van der Waals surface area contributed by atoms with E-state index in [9.17, 15) is 56.2 Å². The molecule has 4 aliphatic rings. The van der Waals surface area contributed by atoms with Crippen LogP contribution in [-0.2, 0) is 30.1 Å². The van der Waals surface area contributed by atoms with Gasteiger partial charge in [-0.3, -0.25) is 0 Å². The summed E-state index contributed by atoms with van der Waals surface area (Å²) >= 11 is 0. The molecular formula is C39H60O17. The van der Waals surface area contributed by atoms with Gasteiger partial charge in [0.1, 0.15) is 84.7 Å². The standard InChI is InChI=1S/C39H60O17/c1-5-6-7-8-19-12-22(43)27(21-11-18(4)9-10-20(21)17(2)3)23(13-19)51-38-33(49)35(29(45)25(15-41)53-38)56-39-34(50)36(30(46)26(16-42)54-39)55-37-32(48)31(47)28(44)24(14-40)52-37/h11-13,20-21,24-26,28-50H,2,5-10,14-16H2,1,3-4H3/t20-,21+,24+,25+,26+,28+,29+,30+,31-,32+,33+,34+,35-,36-,37-,38+,39-/m0/s1. The van der Waals surface area contributed by atoms with Crippen molar-refractivity contribution in [2.45, 2.75) is 157 Å². The number of benzene rings is 1. The third-order valence-corrected chi connectivity index (χ3v) is 11.3. The maximum atomic E-state index is 11.7. The van der Waals surface area contributed by atoms with E-state index >= 15 is 0 Å². The van der Waals surface area contributed by atoms with Crippen LogP contribution in [0.3, 0.4) is 0 Å². The van der Waals surface area contributed by atoms with Gasteiger partial charge in [-0.1, -0.05) is 43.6 Å². The van der Waals surface area contributed by atoms with E-state index in [1.807, 2.05) is 13.8 Å². The molecule has 3 heterocycles. The van der Waals surface area contributed by atoms with E-state index in [1.165, 1.54) is 0 Å². The zero-order valence-corrected chi connectivity index (χ0v) is 32.0. The minimum Gasteiger partial charge on any atom is -0.507 e. The lowest BCUT2D eigenvalue weighted by atomic mass is 9.73. The lowest BCUT2D eigenvalue weighted by Crippen LogP contribution is -2.67. The Hall–Kier alpha value is -2.30. The number of aryl methyl sites for hydroxylation is 1. The molecule has 1 aromatic rings. The summed E-state index contributed by atoms with van der Waals surface area (Å²) in [4.78, 5) is 0. The van der Waals surface area contributed by atoms with Gasteiger partial charge in [-0.05, 0) is 63.1 Å². The van der Waals surface area contributed by atoms with Gasteiger partial charge in [0.2, 0.25) is 6.29 Å². The number of rotatable bonds is 15. The van der Waals surface area contributed by atoms with Gasteiger partial charge in [0.05, 0.1) is 19.8 Å². The highest BCUT2D eigenvalue weighted by Gasteiger charge is 2.54. The van der Waals surface area contributed by atoms with Crippen LogP contribution in [0.4, 0.5) is 0 Å². The Kier molecular flexibility index (Phi) is 15.7. The van der Waals surface area contributed by atoms with Crippen molar-refractivity contribution in [3.8, 4) is 11.5 Å². The minimum atomic E-state index is -1.97. The molecule has 0 aromatic heterocycles. The Bertz CT molecular complexity index is 1470. The van der Waals surface area contributed by atoms with Gasteiger partial charge < -0.3 is 84.6 Å². The van der Waals surface area contributed by atoms with E-state index in [0.717, 1.165) is 48.8 Å². The molecule has 1 aliphatic carbocycles. The molecule has 0 bridgehead atoms. The third kappa shape index (κ3) is 9.59. The normalized spacial score (nSPS) is 40.6. The summed E-state index contributed by atoms with van der Waals surface area (Å²) in [5.41, 5.74) is 3.23. The molecule has 3 aliphatic heterocycles. The number of aromatic hydroxyl groups is 1. The van der Waals surface area contributed by atoms with Gasteiger partial charge in [-0.2, -0.15) is 0 Å². The fourth-order valence-corrected chi connectivity index (χ4v) is 7.98. The molecule has 17 heteroatoms. The summed E-state index contributed by atoms with van der Waals surface area (Å²) in [5.74, 6) is -0.219. The minimum absolute atomic E-state index is 0.0224. The van der Waals surface area contributed by atoms with Crippen molar-refractivity contribution in [3.05, 3.63) is 47.1 Å². The number of phenols is 1. The number of phenolic OH excluding ortho intramolecular Hbond substituents is 1. The molecule has 0 unspecified atom stereocenters. The van der Waals surface area contributed by atoms with Crippen molar-refractivity contribution in [1.82, 2.24) is 0 Å². The molecule has 1 aromatic carbocycles. The fourth-order valence-electron chi connectivity index (χ4n) is 7.98. The molecule has 17 atom stereocenters. The van der Waals surface area contributed by atoms with E-state index in [1.54, 1.807) is 12.1 Å². The van der Waals surface area contributed by atoms with Crippen LogP contribution in [0.5, 0.6) is 11.5 Å². The second-order valence-electron chi connectivity index (χ2n) is 15.4. The van der Waals surface area contributed by atoms with Crippen LogP contribution >= 0.6 is 0 Å².